The van der Waals surface area contributed by atoms with E-state index in [2.05, 4.69) is 51.0 Å². The van der Waals surface area contributed by atoms with Gasteiger partial charge in [0, 0.05) is 46.8 Å². The maximum atomic E-state index is 12.5. The lowest BCUT2D eigenvalue weighted by atomic mass is 9.98. The van der Waals surface area contributed by atoms with Gasteiger partial charge in [-0.05, 0) is 53.7 Å². The van der Waals surface area contributed by atoms with Gasteiger partial charge in [0.25, 0.3) is 0 Å². The molecule has 2 heterocycles. The predicted molar refractivity (Wildman–Crippen MR) is 107 cm³/mol. The number of hydrogen-bond acceptors (Lipinski definition) is 3. The first-order valence-electron chi connectivity index (χ1n) is 9.22. The number of carbonyl (C=O) groups excluding carboxylic acids is 1. The molecule has 0 unspecified atom stereocenters. The minimum atomic E-state index is 0.186. The maximum absolute atomic E-state index is 12.5. The Labute approximate surface area is 158 Å². The second-order valence-corrected chi connectivity index (χ2v) is 7.61. The molecule has 0 spiro atoms. The van der Waals surface area contributed by atoms with E-state index in [-0.39, 0.29) is 5.92 Å². The number of hydrogen-bond donors (Lipinski definition) is 1. The third kappa shape index (κ3) is 3.97. The monoisotopic (exact) mass is 403 g/mol. The van der Waals surface area contributed by atoms with Crippen LogP contribution in [0.2, 0.25) is 0 Å². The van der Waals surface area contributed by atoms with Gasteiger partial charge in [-0.2, -0.15) is 0 Å². The van der Waals surface area contributed by atoms with Crippen LogP contribution in [0.15, 0.2) is 34.9 Å². The summed E-state index contributed by atoms with van der Waals surface area (Å²) in [6, 6.07) is 8.59. The van der Waals surface area contributed by atoms with E-state index in [1.54, 1.807) is 0 Å². The largest absolute Gasteiger partial charge is 0.382 e. The van der Waals surface area contributed by atoms with Crippen molar-refractivity contribution in [3.05, 3.63) is 34.9 Å². The minimum Gasteiger partial charge on any atom is -0.382 e. The van der Waals surface area contributed by atoms with E-state index in [0.717, 1.165) is 59.8 Å². The number of nitrogens with one attached hydrogen (secondary N) is 1. The standard InChI is InChI=1S/C20H26BrN3O/c1-3-14(4-2)20(25)24-12-9-15(10-13-24)23-18-8-11-22-19-16(18)6-5-7-17(19)21/h5-8,11,14-15H,3-4,9-10,12-13H2,1-2H3,(H,22,23). The number of para-hydroxylation sites is 1. The molecule has 0 atom stereocenters. The van der Waals surface area contributed by atoms with Crippen molar-refractivity contribution >= 4 is 38.4 Å². The molecule has 134 valence electrons. The first kappa shape index (κ1) is 18.2. The highest BCUT2D eigenvalue weighted by atomic mass is 79.9. The zero-order valence-electron chi connectivity index (χ0n) is 15.0. The topological polar surface area (TPSA) is 45.2 Å². The van der Waals surface area contributed by atoms with Gasteiger partial charge in [0.1, 0.15) is 0 Å². The zero-order chi connectivity index (χ0) is 17.8. The van der Waals surface area contributed by atoms with Crippen molar-refractivity contribution in [2.75, 3.05) is 18.4 Å². The number of carbonyl (C=O) groups is 1. The smallest absolute Gasteiger partial charge is 0.225 e. The molecular formula is C20H26BrN3O. The number of likely N-dealkylation sites (tertiary alicyclic amines) is 1. The van der Waals surface area contributed by atoms with Crippen molar-refractivity contribution in [2.24, 2.45) is 5.92 Å². The molecule has 1 amide bonds. The third-order valence-corrected chi connectivity index (χ3v) is 5.86. The number of nitrogens with zero attached hydrogens (tertiary/aromatic N) is 2. The molecule has 2 aromatic rings. The molecule has 0 bridgehead atoms. The van der Waals surface area contributed by atoms with Gasteiger partial charge in [0.2, 0.25) is 5.91 Å². The lowest BCUT2D eigenvalue weighted by Crippen LogP contribution is -2.44. The number of amides is 1. The number of benzene rings is 1. The van der Waals surface area contributed by atoms with Crippen LogP contribution in [0.5, 0.6) is 0 Å². The summed E-state index contributed by atoms with van der Waals surface area (Å²) in [6.45, 7) is 5.90. The third-order valence-electron chi connectivity index (χ3n) is 5.22. The molecule has 1 aromatic heterocycles. The van der Waals surface area contributed by atoms with Crippen LogP contribution < -0.4 is 5.32 Å². The quantitative estimate of drug-likeness (QED) is 0.776. The Morgan fingerprint density at radius 1 is 1.28 bits per heavy atom. The average Bonchev–Trinajstić information content (AvgIpc) is 2.64. The number of anilines is 1. The van der Waals surface area contributed by atoms with Crippen molar-refractivity contribution < 1.29 is 4.79 Å². The summed E-state index contributed by atoms with van der Waals surface area (Å²) in [7, 11) is 0. The number of aromatic nitrogens is 1. The molecule has 0 radical (unpaired) electrons. The van der Waals surface area contributed by atoms with Gasteiger partial charge in [0.15, 0.2) is 0 Å². The van der Waals surface area contributed by atoms with Crippen molar-refractivity contribution in [1.82, 2.24) is 9.88 Å². The fraction of sp³-hybridized carbons (Fsp3) is 0.500. The molecule has 1 saturated heterocycles. The van der Waals surface area contributed by atoms with Crippen LogP contribution in [-0.2, 0) is 4.79 Å². The van der Waals surface area contributed by atoms with Gasteiger partial charge in [0.05, 0.1) is 5.52 Å². The summed E-state index contributed by atoms with van der Waals surface area (Å²) in [5, 5.41) is 4.80. The summed E-state index contributed by atoms with van der Waals surface area (Å²) in [4.78, 5) is 19.1. The Hall–Kier alpha value is -1.62. The lowest BCUT2D eigenvalue weighted by molar-refractivity contribution is -0.136. The lowest BCUT2D eigenvalue weighted by Gasteiger charge is -2.34. The summed E-state index contributed by atoms with van der Waals surface area (Å²) < 4.78 is 1.01. The fourth-order valence-corrected chi connectivity index (χ4v) is 4.09. The van der Waals surface area contributed by atoms with Crippen LogP contribution in [0, 0.1) is 5.92 Å². The SMILES string of the molecule is CCC(CC)C(=O)N1CCC(Nc2ccnc3c(Br)cccc23)CC1. The molecule has 0 aliphatic carbocycles. The molecule has 1 aromatic carbocycles. The van der Waals surface area contributed by atoms with E-state index in [9.17, 15) is 4.79 Å². The summed E-state index contributed by atoms with van der Waals surface area (Å²) >= 11 is 3.57. The maximum Gasteiger partial charge on any atom is 0.225 e. The molecule has 4 nitrogen and oxygen atoms in total. The molecule has 1 aliphatic rings. The number of halogens is 1. The van der Waals surface area contributed by atoms with E-state index in [0.29, 0.717) is 11.9 Å². The van der Waals surface area contributed by atoms with Crippen LogP contribution in [0.3, 0.4) is 0 Å². The van der Waals surface area contributed by atoms with Crippen LogP contribution in [-0.4, -0.2) is 34.9 Å². The van der Waals surface area contributed by atoms with Crippen LogP contribution >= 0.6 is 15.9 Å². The van der Waals surface area contributed by atoms with E-state index < -0.39 is 0 Å². The molecule has 1 aliphatic heterocycles. The number of rotatable bonds is 5. The first-order valence-corrected chi connectivity index (χ1v) is 10.0. The average molecular weight is 404 g/mol. The Kier molecular flexibility index (Phi) is 5.94. The summed E-state index contributed by atoms with van der Waals surface area (Å²) in [5.74, 6) is 0.521. The summed E-state index contributed by atoms with van der Waals surface area (Å²) in [6.07, 6.45) is 5.70. The summed E-state index contributed by atoms with van der Waals surface area (Å²) in [5.41, 5.74) is 2.10. The number of fused-ring (bicyclic) bond motifs is 1. The number of piperidine rings is 1. The minimum absolute atomic E-state index is 0.186. The van der Waals surface area contributed by atoms with Gasteiger partial charge in [-0.1, -0.05) is 26.0 Å². The van der Waals surface area contributed by atoms with E-state index in [4.69, 9.17) is 0 Å². The Morgan fingerprint density at radius 3 is 2.68 bits per heavy atom. The van der Waals surface area contributed by atoms with Gasteiger partial charge >= 0.3 is 0 Å². The highest BCUT2D eigenvalue weighted by molar-refractivity contribution is 9.10. The molecule has 0 saturated carbocycles. The fourth-order valence-electron chi connectivity index (χ4n) is 3.63. The van der Waals surface area contributed by atoms with Crippen molar-refractivity contribution in [1.29, 1.82) is 0 Å². The highest BCUT2D eigenvalue weighted by Gasteiger charge is 2.26. The highest BCUT2D eigenvalue weighted by Crippen LogP contribution is 2.29. The molecule has 5 heteroatoms. The molecule has 25 heavy (non-hydrogen) atoms. The first-order chi connectivity index (χ1) is 12.1. The van der Waals surface area contributed by atoms with Crippen molar-refractivity contribution in [3.8, 4) is 0 Å². The van der Waals surface area contributed by atoms with E-state index >= 15 is 0 Å². The van der Waals surface area contributed by atoms with Crippen LogP contribution in [0.1, 0.15) is 39.5 Å². The molecule has 1 N–H and O–H groups in total. The second kappa shape index (κ2) is 8.17. The van der Waals surface area contributed by atoms with E-state index in [1.165, 1.54) is 0 Å². The van der Waals surface area contributed by atoms with Crippen LogP contribution in [0.4, 0.5) is 5.69 Å². The zero-order valence-corrected chi connectivity index (χ0v) is 16.6. The Morgan fingerprint density at radius 2 is 2.00 bits per heavy atom. The molecule has 1 fully saturated rings. The molecular weight excluding hydrogens is 378 g/mol. The number of pyridine rings is 1. The second-order valence-electron chi connectivity index (χ2n) is 6.75. The van der Waals surface area contributed by atoms with Gasteiger partial charge in [-0.3, -0.25) is 9.78 Å². The normalized spacial score (nSPS) is 15.8. The van der Waals surface area contributed by atoms with E-state index in [1.807, 2.05) is 24.4 Å². The van der Waals surface area contributed by atoms with Gasteiger partial charge in [-0.15, -0.1) is 0 Å². The van der Waals surface area contributed by atoms with Crippen LogP contribution in [0.25, 0.3) is 10.9 Å². The van der Waals surface area contributed by atoms with Crippen molar-refractivity contribution in [2.45, 2.75) is 45.6 Å². The van der Waals surface area contributed by atoms with Crippen molar-refractivity contribution in [3.63, 3.8) is 0 Å². The molecule has 3 rings (SSSR count). The van der Waals surface area contributed by atoms with Gasteiger partial charge < -0.3 is 10.2 Å². The Bertz CT molecular complexity index is 737. The Balaban J connectivity index is 1.65. The predicted octanol–water partition coefficient (Wildman–Crippen LogP) is 4.84. The van der Waals surface area contributed by atoms with Gasteiger partial charge in [-0.25, -0.2) is 0 Å².